The molecule has 0 spiro atoms. The number of carbonyl (C=O) groups is 3. The first kappa shape index (κ1) is 29.0. The van der Waals surface area contributed by atoms with Gasteiger partial charge in [0.15, 0.2) is 4.90 Å². The molecule has 2 amide bonds. The monoisotopic (exact) mass is 491 g/mol. The van der Waals surface area contributed by atoms with Crippen molar-refractivity contribution in [3.05, 3.63) is 54.6 Å². The maximum absolute atomic E-state index is 12.9. The van der Waals surface area contributed by atoms with Crippen LogP contribution in [0.5, 0.6) is 0 Å². The van der Waals surface area contributed by atoms with E-state index in [-0.39, 0.29) is 12.1 Å². The van der Waals surface area contributed by atoms with Gasteiger partial charge in [-0.25, -0.2) is 14.4 Å². The molecule has 1 atom stereocenters. The molecule has 2 aromatic rings. The fraction of sp³-hybridized carbons (Fsp3) is 0.375. The molecule has 3 N–H and O–H groups in total. The van der Waals surface area contributed by atoms with Crippen LogP contribution in [0.4, 0.5) is 4.79 Å². The largest absolute Gasteiger partial charge is 0.611 e. The summed E-state index contributed by atoms with van der Waals surface area (Å²) in [5.74, 6) is -2.09. The number of urea groups is 1. The van der Waals surface area contributed by atoms with E-state index in [2.05, 4.69) is 5.32 Å². The zero-order valence-corrected chi connectivity index (χ0v) is 20.7. The minimum absolute atomic E-state index is 0.0545. The normalized spacial score (nSPS) is 11.9. The van der Waals surface area contributed by atoms with E-state index in [0.717, 1.165) is 22.2 Å². The molecule has 1 unspecified atom stereocenters. The van der Waals surface area contributed by atoms with Gasteiger partial charge >= 0.3 is 18.0 Å². The smallest absolute Gasteiger partial charge is 0.328 e. The number of carbonyl (C=O) groups excluding carboxylic acids is 1. The standard InChI is InChI=1S/C20H29N3O2S.C4H4O4/c1-16(2)23(20(24)21-12-13-22(3)4)14-15-26(25)19-11-7-9-17-8-5-6-10-18(17)19;5-3(6)1-2-4(7)8/h5-11,16H,12-15H2,1-4H3,(H,21,24);1-2H,(H,5,6)(H,7,8)/b;2-1-. The second-order valence-electron chi connectivity index (χ2n) is 7.86. The SMILES string of the molecule is CC(C)N(CC[S+]([O-])c1cccc2ccccc12)C(=O)NCCN(C)C.O=C(O)/C=C\C(=O)O. The maximum Gasteiger partial charge on any atom is 0.328 e. The molecular weight excluding hydrogens is 458 g/mol. The number of rotatable bonds is 10. The maximum atomic E-state index is 12.9. The lowest BCUT2D eigenvalue weighted by Crippen LogP contribution is -2.47. The van der Waals surface area contributed by atoms with Gasteiger partial charge in [-0.15, -0.1) is 0 Å². The molecule has 34 heavy (non-hydrogen) atoms. The van der Waals surface area contributed by atoms with E-state index in [1.165, 1.54) is 0 Å². The van der Waals surface area contributed by atoms with Crippen molar-refractivity contribution in [3.8, 4) is 0 Å². The van der Waals surface area contributed by atoms with E-state index in [1.54, 1.807) is 4.90 Å². The van der Waals surface area contributed by atoms with Crippen molar-refractivity contribution in [2.24, 2.45) is 0 Å². The van der Waals surface area contributed by atoms with Crippen LogP contribution in [0.3, 0.4) is 0 Å². The third kappa shape index (κ3) is 10.7. The van der Waals surface area contributed by atoms with Gasteiger partial charge in [0, 0.05) is 36.7 Å². The number of nitrogens with one attached hydrogen (secondary N) is 1. The second kappa shape index (κ2) is 14.9. The number of hydrogen-bond donors (Lipinski definition) is 3. The van der Waals surface area contributed by atoms with Gasteiger partial charge in [0.2, 0.25) is 0 Å². The van der Waals surface area contributed by atoms with Crippen LogP contribution in [-0.2, 0) is 20.8 Å². The van der Waals surface area contributed by atoms with Crippen LogP contribution < -0.4 is 5.32 Å². The molecule has 186 valence electrons. The number of likely N-dealkylation sites (N-methyl/N-ethyl adjacent to an activating group) is 1. The highest BCUT2D eigenvalue weighted by atomic mass is 32.2. The summed E-state index contributed by atoms with van der Waals surface area (Å²) >= 11 is -1.15. The molecule has 0 aliphatic rings. The zero-order valence-electron chi connectivity index (χ0n) is 19.9. The molecule has 0 radical (unpaired) electrons. The number of carboxylic acid groups (broad SMARTS) is 2. The molecule has 0 aliphatic carbocycles. The van der Waals surface area contributed by atoms with E-state index in [4.69, 9.17) is 10.2 Å². The summed E-state index contributed by atoms with van der Waals surface area (Å²) in [6, 6.07) is 13.8. The van der Waals surface area contributed by atoms with Crippen molar-refractivity contribution in [2.45, 2.75) is 24.8 Å². The highest BCUT2D eigenvalue weighted by Gasteiger charge is 2.21. The van der Waals surface area contributed by atoms with Crippen molar-refractivity contribution < 1.29 is 29.1 Å². The molecule has 0 aromatic heterocycles. The zero-order chi connectivity index (χ0) is 25.7. The van der Waals surface area contributed by atoms with Crippen LogP contribution in [0.25, 0.3) is 10.8 Å². The predicted octanol–water partition coefficient (Wildman–Crippen LogP) is 2.64. The minimum Gasteiger partial charge on any atom is -0.611 e. The molecule has 2 aromatic carbocycles. The average molecular weight is 492 g/mol. The Kier molecular flexibility index (Phi) is 12.7. The van der Waals surface area contributed by atoms with Gasteiger partial charge in [-0.1, -0.05) is 30.3 Å². The molecule has 0 saturated carbocycles. The van der Waals surface area contributed by atoms with Gasteiger partial charge in [-0.2, -0.15) is 0 Å². The Bertz CT molecular complexity index is 959. The molecule has 2 rings (SSSR count). The number of benzene rings is 2. The number of aliphatic carboxylic acids is 2. The summed E-state index contributed by atoms with van der Waals surface area (Å²) in [4.78, 5) is 36.1. The van der Waals surface area contributed by atoms with E-state index in [9.17, 15) is 18.9 Å². The van der Waals surface area contributed by atoms with Gasteiger partial charge in [0.1, 0.15) is 5.75 Å². The lowest BCUT2D eigenvalue weighted by Gasteiger charge is -2.27. The number of nitrogens with zero attached hydrogens (tertiary/aromatic N) is 2. The third-order valence-corrected chi connectivity index (χ3v) is 6.00. The van der Waals surface area contributed by atoms with Gasteiger partial charge < -0.3 is 29.9 Å². The Morgan fingerprint density at radius 2 is 1.59 bits per heavy atom. The highest BCUT2D eigenvalue weighted by Crippen LogP contribution is 2.23. The Labute approximate surface area is 203 Å². The van der Waals surface area contributed by atoms with Crippen LogP contribution in [0.15, 0.2) is 59.5 Å². The van der Waals surface area contributed by atoms with Gasteiger partial charge in [-0.05, 0) is 56.6 Å². The van der Waals surface area contributed by atoms with Crippen LogP contribution in [-0.4, -0.2) is 88.1 Å². The summed E-state index contributed by atoms with van der Waals surface area (Å²) in [7, 11) is 3.94. The Balaban J connectivity index is 0.000000620. The Morgan fingerprint density at radius 1 is 1.00 bits per heavy atom. The number of carboxylic acids is 2. The third-order valence-electron chi connectivity index (χ3n) is 4.60. The first-order chi connectivity index (χ1) is 16.0. The summed E-state index contributed by atoms with van der Waals surface area (Å²) in [6.07, 6.45) is 1.12. The van der Waals surface area contributed by atoms with Gasteiger partial charge in [0.25, 0.3) is 0 Å². The lowest BCUT2D eigenvalue weighted by atomic mass is 10.1. The van der Waals surface area contributed by atoms with E-state index in [0.29, 0.717) is 31.0 Å². The fourth-order valence-corrected chi connectivity index (χ4v) is 4.15. The summed E-state index contributed by atoms with van der Waals surface area (Å²) in [6.45, 7) is 5.81. The number of amides is 2. The molecule has 0 aliphatic heterocycles. The lowest BCUT2D eigenvalue weighted by molar-refractivity contribution is -0.134. The molecule has 0 fully saturated rings. The number of hydrogen-bond acceptors (Lipinski definition) is 5. The van der Waals surface area contributed by atoms with Crippen molar-refractivity contribution >= 4 is 39.9 Å². The summed E-state index contributed by atoms with van der Waals surface area (Å²) < 4.78 is 12.9. The van der Waals surface area contributed by atoms with E-state index in [1.807, 2.05) is 75.3 Å². The van der Waals surface area contributed by atoms with E-state index >= 15 is 0 Å². The van der Waals surface area contributed by atoms with E-state index < -0.39 is 23.1 Å². The Morgan fingerprint density at radius 3 is 2.15 bits per heavy atom. The molecule has 0 saturated heterocycles. The Hall–Kier alpha value is -3.08. The summed E-state index contributed by atoms with van der Waals surface area (Å²) in [5.41, 5.74) is 0. The van der Waals surface area contributed by atoms with Gasteiger partial charge in [0.05, 0.1) is 6.54 Å². The topological polar surface area (TPSA) is 133 Å². The van der Waals surface area contributed by atoms with Crippen molar-refractivity contribution in [3.63, 3.8) is 0 Å². The minimum atomic E-state index is -1.26. The van der Waals surface area contributed by atoms with Crippen LogP contribution in [0.2, 0.25) is 0 Å². The molecular formula is C24H33N3O6S. The first-order valence-electron chi connectivity index (χ1n) is 10.7. The fourth-order valence-electron chi connectivity index (χ4n) is 2.91. The number of fused-ring (bicyclic) bond motifs is 1. The van der Waals surface area contributed by atoms with Crippen molar-refractivity contribution in [1.29, 1.82) is 0 Å². The molecule has 10 heteroatoms. The molecule has 0 bridgehead atoms. The average Bonchev–Trinajstić information content (AvgIpc) is 2.77. The van der Waals surface area contributed by atoms with Crippen LogP contribution in [0, 0.1) is 0 Å². The van der Waals surface area contributed by atoms with Crippen molar-refractivity contribution in [2.75, 3.05) is 39.5 Å². The molecule has 9 nitrogen and oxygen atoms in total. The van der Waals surface area contributed by atoms with Gasteiger partial charge in [-0.3, -0.25) is 0 Å². The summed E-state index contributed by atoms with van der Waals surface area (Å²) in [5, 5.41) is 20.7. The van der Waals surface area contributed by atoms with Crippen LogP contribution in [0.1, 0.15) is 13.8 Å². The predicted molar refractivity (Wildman–Crippen MR) is 133 cm³/mol. The second-order valence-corrected chi connectivity index (χ2v) is 9.40. The highest BCUT2D eigenvalue weighted by molar-refractivity contribution is 7.91. The quantitative estimate of drug-likeness (QED) is 0.344. The van der Waals surface area contributed by atoms with Crippen molar-refractivity contribution in [1.82, 2.24) is 15.1 Å². The first-order valence-corrected chi connectivity index (χ1v) is 12.0. The van der Waals surface area contributed by atoms with Crippen LogP contribution >= 0.6 is 0 Å². The molecule has 0 heterocycles.